The molecule has 0 N–H and O–H groups in total. The van der Waals surface area contributed by atoms with Crippen molar-refractivity contribution in [2.24, 2.45) is 11.3 Å². The molecule has 2 aliphatic heterocycles. The van der Waals surface area contributed by atoms with Gasteiger partial charge in [0.15, 0.2) is 5.79 Å². The lowest BCUT2D eigenvalue weighted by atomic mass is 9.60. The minimum atomic E-state index is -1.52. The maximum Gasteiger partial charge on any atom is 0.349 e. The number of carbonyl (C=O) groups excluding carboxylic acids is 1. The Bertz CT molecular complexity index is 690. The monoisotopic (exact) mass is 422 g/mol. The van der Waals surface area contributed by atoms with Crippen LogP contribution in [0.3, 0.4) is 0 Å². The van der Waals surface area contributed by atoms with E-state index in [2.05, 4.69) is 26.6 Å². The molecular weight excluding hydrogens is 384 g/mol. The predicted molar refractivity (Wildman–Crippen MR) is 114 cm³/mol. The molecule has 0 aromatic carbocycles. The first-order valence-corrected chi connectivity index (χ1v) is 15.1. The number of hydrogen-bond acceptors (Lipinski definition) is 5. The van der Waals surface area contributed by atoms with Crippen LogP contribution in [0.4, 0.5) is 0 Å². The smallest absolute Gasteiger partial charge is 0.349 e. The highest BCUT2D eigenvalue weighted by Crippen LogP contribution is 2.59. The minimum Gasteiger partial charge on any atom is -0.480 e. The first-order chi connectivity index (χ1) is 13.6. The van der Waals surface area contributed by atoms with Gasteiger partial charge in [-0.05, 0) is 48.6 Å². The largest absolute Gasteiger partial charge is 0.480 e. The molecule has 2 aliphatic carbocycles. The van der Waals surface area contributed by atoms with Gasteiger partial charge in [-0.25, -0.2) is 4.79 Å². The Hall–Kier alpha value is -0.853. The van der Waals surface area contributed by atoms with E-state index in [-0.39, 0.29) is 17.2 Å². The van der Waals surface area contributed by atoms with Crippen LogP contribution in [0.25, 0.3) is 0 Å². The van der Waals surface area contributed by atoms with Gasteiger partial charge in [-0.1, -0.05) is 26.6 Å². The van der Waals surface area contributed by atoms with Crippen molar-refractivity contribution in [1.29, 1.82) is 0 Å². The molecule has 6 heteroatoms. The summed E-state index contributed by atoms with van der Waals surface area (Å²) < 4.78 is 24.1. The summed E-state index contributed by atoms with van der Waals surface area (Å²) in [6, 6.07) is 0.814. The average molecular weight is 423 g/mol. The Balaban J connectivity index is 1.64. The van der Waals surface area contributed by atoms with Gasteiger partial charge in [0.05, 0.1) is 26.1 Å². The molecule has 4 aliphatic rings. The van der Waals surface area contributed by atoms with Crippen LogP contribution in [-0.2, 0) is 23.7 Å². The van der Waals surface area contributed by atoms with Gasteiger partial charge in [0.25, 0.3) is 0 Å². The summed E-state index contributed by atoms with van der Waals surface area (Å²) in [7, 11) is -0.0276. The van der Waals surface area contributed by atoms with Crippen molar-refractivity contribution in [3.63, 3.8) is 0 Å². The molecule has 0 amide bonds. The van der Waals surface area contributed by atoms with E-state index in [0.717, 1.165) is 70.0 Å². The highest BCUT2D eigenvalue weighted by atomic mass is 28.3. The molecule has 1 saturated carbocycles. The molecule has 3 atom stereocenters. The van der Waals surface area contributed by atoms with Crippen molar-refractivity contribution in [2.75, 3.05) is 20.3 Å². The second kappa shape index (κ2) is 7.38. The Kier molecular flexibility index (Phi) is 5.44. The van der Waals surface area contributed by atoms with E-state index >= 15 is 0 Å². The number of esters is 1. The van der Waals surface area contributed by atoms with Crippen LogP contribution in [0.15, 0.2) is 11.3 Å². The van der Waals surface area contributed by atoms with Crippen LogP contribution in [0.2, 0.25) is 25.7 Å². The number of fused-ring (bicyclic) bond motifs is 2. The maximum absolute atomic E-state index is 12.9. The van der Waals surface area contributed by atoms with Crippen molar-refractivity contribution in [1.82, 2.24) is 0 Å². The zero-order valence-electron chi connectivity index (χ0n) is 18.9. The van der Waals surface area contributed by atoms with Crippen molar-refractivity contribution in [3.8, 4) is 0 Å². The number of methoxy groups -OCH3 is 1. The van der Waals surface area contributed by atoms with Crippen molar-refractivity contribution < 1.29 is 23.7 Å². The molecule has 2 heterocycles. The van der Waals surface area contributed by atoms with Gasteiger partial charge in [-0.15, -0.1) is 0 Å². The first-order valence-electron chi connectivity index (χ1n) is 11.4. The van der Waals surface area contributed by atoms with E-state index in [1.165, 1.54) is 19.1 Å². The van der Waals surface area contributed by atoms with Crippen LogP contribution in [0.1, 0.15) is 58.3 Å². The van der Waals surface area contributed by atoms with Crippen LogP contribution in [-0.4, -0.2) is 45.8 Å². The molecule has 2 fully saturated rings. The molecular formula is C23H38O5Si. The van der Waals surface area contributed by atoms with Gasteiger partial charge >= 0.3 is 5.97 Å². The first kappa shape index (κ1) is 21.4. The summed E-state index contributed by atoms with van der Waals surface area (Å²) in [4.78, 5) is 12.9. The van der Waals surface area contributed by atoms with E-state index in [1.807, 2.05) is 0 Å². The lowest BCUT2D eigenvalue weighted by Gasteiger charge is -2.50. The summed E-state index contributed by atoms with van der Waals surface area (Å²) in [5.41, 5.74) is 0.790. The van der Waals surface area contributed by atoms with Crippen LogP contribution in [0.5, 0.6) is 0 Å². The summed E-state index contributed by atoms with van der Waals surface area (Å²) in [5.74, 6) is 1.10. The van der Waals surface area contributed by atoms with Crippen LogP contribution >= 0.6 is 0 Å². The molecule has 164 valence electrons. The number of allylic oxidation sites excluding steroid dienone is 2. The maximum atomic E-state index is 12.9. The van der Waals surface area contributed by atoms with Crippen molar-refractivity contribution >= 4 is 14.0 Å². The van der Waals surface area contributed by atoms with Gasteiger partial charge in [-0.3, -0.25) is 0 Å². The van der Waals surface area contributed by atoms with Crippen molar-refractivity contribution in [2.45, 2.75) is 95.4 Å². The van der Waals surface area contributed by atoms with Crippen molar-refractivity contribution in [3.05, 3.63) is 11.3 Å². The SMILES string of the molecule is COC(=O)[C@@]1(C[Si](C)(C)C)CCC2=C(CCC[C@@H]3CC4(CC[C@]23C)OCCO4)O1. The molecule has 29 heavy (non-hydrogen) atoms. The summed E-state index contributed by atoms with van der Waals surface area (Å²) >= 11 is 0. The molecule has 1 saturated heterocycles. The fourth-order valence-corrected chi connectivity index (χ4v) is 8.55. The lowest BCUT2D eigenvalue weighted by molar-refractivity contribution is -0.203. The normalized spacial score (nSPS) is 36.8. The Labute approximate surface area is 176 Å². The molecule has 0 aromatic heterocycles. The van der Waals surface area contributed by atoms with E-state index < -0.39 is 13.7 Å². The predicted octanol–water partition coefficient (Wildman–Crippen LogP) is 5.03. The fraction of sp³-hybridized carbons (Fsp3) is 0.870. The Morgan fingerprint density at radius 1 is 1.14 bits per heavy atom. The van der Waals surface area contributed by atoms with Gasteiger partial charge < -0.3 is 18.9 Å². The fourth-order valence-electron chi connectivity index (χ4n) is 6.45. The van der Waals surface area contributed by atoms with Gasteiger partial charge in [0, 0.05) is 33.8 Å². The second-order valence-corrected chi connectivity index (χ2v) is 16.5. The van der Waals surface area contributed by atoms with E-state index in [1.54, 1.807) is 0 Å². The van der Waals surface area contributed by atoms with Gasteiger partial charge in [-0.2, -0.15) is 0 Å². The highest BCUT2D eigenvalue weighted by Gasteiger charge is 2.56. The molecule has 0 radical (unpaired) electrons. The van der Waals surface area contributed by atoms with Gasteiger partial charge in [0.1, 0.15) is 0 Å². The lowest BCUT2D eigenvalue weighted by Crippen LogP contribution is -2.51. The van der Waals surface area contributed by atoms with Gasteiger partial charge in [0.2, 0.25) is 5.60 Å². The number of hydrogen-bond donors (Lipinski definition) is 0. The average Bonchev–Trinajstić information content (AvgIpc) is 3.05. The van der Waals surface area contributed by atoms with E-state index in [0.29, 0.717) is 5.92 Å². The molecule has 0 unspecified atom stereocenters. The third kappa shape index (κ3) is 3.81. The molecule has 0 bridgehead atoms. The molecule has 4 rings (SSSR count). The standard InChI is InChI=1S/C23H38O5Si/c1-21-11-12-23(26-13-14-27-23)15-17(21)7-6-8-19-18(21)9-10-22(28-19,20(24)25-2)16-29(3,4)5/h17H,6-16H2,1-5H3/t17-,21+,22+/m1/s1. The summed E-state index contributed by atoms with van der Waals surface area (Å²) in [5, 5.41) is 0. The van der Waals surface area contributed by atoms with Crippen LogP contribution in [0, 0.1) is 11.3 Å². The highest BCUT2D eigenvalue weighted by molar-refractivity contribution is 6.76. The van der Waals surface area contributed by atoms with E-state index in [9.17, 15) is 4.79 Å². The second-order valence-electron chi connectivity index (χ2n) is 11.0. The molecule has 0 aromatic rings. The Morgan fingerprint density at radius 3 is 2.52 bits per heavy atom. The molecule has 5 nitrogen and oxygen atoms in total. The summed E-state index contributed by atoms with van der Waals surface area (Å²) in [6.45, 7) is 10.8. The quantitative estimate of drug-likeness (QED) is 0.471. The third-order valence-electron chi connectivity index (χ3n) is 7.75. The molecule has 1 spiro atoms. The number of rotatable bonds is 3. The van der Waals surface area contributed by atoms with E-state index in [4.69, 9.17) is 18.9 Å². The number of ether oxygens (including phenoxy) is 4. The number of carbonyl (C=O) groups is 1. The summed E-state index contributed by atoms with van der Waals surface area (Å²) in [6.07, 6.45) is 7.88. The topological polar surface area (TPSA) is 54.0 Å². The minimum absolute atomic E-state index is 0.119. The third-order valence-corrected chi connectivity index (χ3v) is 9.38. The Morgan fingerprint density at radius 2 is 1.86 bits per heavy atom. The zero-order chi connectivity index (χ0) is 20.9. The zero-order valence-corrected chi connectivity index (χ0v) is 19.9. The van der Waals surface area contributed by atoms with Crippen LogP contribution < -0.4 is 0 Å².